The maximum atomic E-state index is 12.1. The van der Waals surface area contributed by atoms with Gasteiger partial charge in [-0.15, -0.1) is 11.3 Å². The van der Waals surface area contributed by atoms with Crippen LogP contribution in [0.25, 0.3) is 6.08 Å². The molecule has 2 rings (SSSR count). The van der Waals surface area contributed by atoms with Crippen molar-refractivity contribution < 1.29 is 14.3 Å². The fourth-order valence-electron chi connectivity index (χ4n) is 1.66. The van der Waals surface area contributed by atoms with Gasteiger partial charge in [0.15, 0.2) is 12.4 Å². The predicted octanol–water partition coefficient (Wildman–Crippen LogP) is 3.87. The second kappa shape index (κ2) is 8.08. The van der Waals surface area contributed by atoms with E-state index in [9.17, 15) is 9.59 Å². The molecule has 0 fully saturated rings. The lowest BCUT2D eigenvalue weighted by molar-refractivity contribution is -0.130. The Hall–Kier alpha value is -1.92. The lowest BCUT2D eigenvalue weighted by atomic mass is 10.1. The van der Waals surface area contributed by atoms with Crippen molar-refractivity contribution in [3.63, 3.8) is 0 Å². The number of allylic oxidation sites excluding steroid dienone is 1. The Labute approximate surface area is 147 Å². The second-order valence-corrected chi connectivity index (χ2v) is 6.82. The number of hydrogen-bond donors (Lipinski definition) is 0. The summed E-state index contributed by atoms with van der Waals surface area (Å²) >= 11 is 4.94. The summed E-state index contributed by atoms with van der Waals surface area (Å²) in [6, 6.07) is 8.70. The van der Waals surface area contributed by atoms with Crippen molar-refractivity contribution in [1.82, 2.24) is 4.90 Å². The minimum Gasteiger partial charge on any atom is -0.484 e. The largest absolute Gasteiger partial charge is 0.484 e. The molecule has 0 N–H and O–H groups in total. The smallest absolute Gasteiger partial charge is 0.259 e. The molecular weight excluding hydrogens is 378 g/mol. The summed E-state index contributed by atoms with van der Waals surface area (Å²) in [7, 11) is 3.35. The van der Waals surface area contributed by atoms with Gasteiger partial charge in [-0.05, 0) is 58.4 Å². The highest BCUT2D eigenvalue weighted by Crippen LogP contribution is 2.21. The van der Waals surface area contributed by atoms with E-state index in [0.29, 0.717) is 11.3 Å². The van der Waals surface area contributed by atoms with Gasteiger partial charge in [0.2, 0.25) is 0 Å². The molecule has 0 aliphatic carbocycles. The molecule has 4 nitrogen and oxygen atoms in total. The van der Waals surface area contributed by atoms with Gasteiger partial charge in [-0.3, -0.25) is 9.59 Å². The summed E-state index contributed by atoms with van der Waals surface area (Å²) < 4.78 is 6.37. The highest BCUT2D eigenvalue weighted by atomic mass is 79.9. The molecule has 0 bridgehead atoms. The number of amides is 1. The Balaban J connectivity index is 1.94. The molecule has 1 amide bonds. The van der Waals surface area contributed by atoms with Crippen LogP contribution < -0.4 is 4.74 Å². The molecule has 120 valence electrons. The lowest BCUT2D eigenvalue weighted by Gasteiger charge is -2.11. The number of thiophene rings is 1. The molecule has 1 aromatic heterocycles. The minimum atomic E-state index is -0.116. The maximum absolute atomic E-state index is 12.1. The minimum absolute atomic E-state index is 0.0204. The normalized spacial score (nSPS) is 10.7. The van der Waals surface area contributed by atoms with Gasteiger partial charge in [0.05, 0.1) is 0 Å². The van der Waals surface area contributed by atoms with Crippen LogP contribution in [0.15, 0.2) is 46.3 Å². The first-order valence-electron chi connectivity index (χ1n) is 6.85. The lowest BCUT2D eigenvalue weighted by Crippen LogP contribution is -2.27. The van der Waals surface area contributed by atoms with Crippen molar-refractivity contribution in [2.24, 2.45) is 0 Å². The number of ether oxygens (including phenoxy) is 1. The zero-order valence-electron chi connectivity index (χ0n) is 12.8. The number of carbonyl (C=O) groups excluding carboxylic acids is 2. The number of rotatable bonds is 6. The van der Waals surface area contributed by atoms with Crippen LogP contribution in [-0.2, 0) is 4.79 Å². The predicted molar refractivity (Wildman–Crippen MR) is 96.0 cm³/mol. The van der Waals surface area contributed by atoms with Gasteiger partial charge in [0.25, 0.3) is 5.91 Å². The Bertz CT molecular complexity index is 720. The van der Waals surface area contributed by atoms with Crippen molar-refractivity contribution in [3.05, 3.63) is 56.7 Å². The van der Waals surface area contributed by atoms with Crippen LogP contribution >= 0.6 is 27.3 Å². The van der Waals surface area contributed by atoms with Gasteiger partial charge in [0.1, 0.15) is 5.75 Å². The molecule has 0 radical (unpaired) electrons. The zero-order valence-corrected chi connectivity index (χ0v) is 15.2. The number of likely N-dealkylation sites (N-methyl/N-ethyl adjacent to an activating group) is 1. The molecule has 2 aromatic rings. The van der Waals surface area contributed by atoms with E-state index in [1.54, 1.807) is 61.8 Å². The molecular formula is C17H16BrNO3S. The molecule has 6 heteroatoms. The highest BCUT2D eigenvalue weighted by molar-refractivity contribution is 9.10. The summed E-state index contributed by atoms with van der Waals surface area (Å²) in [4.78, 5) is 26.0. The number of hydrogen-bond acceptors (Lipinski definition) is 4. The van der Waals surface area contributed by atoms with E-state index in [0.717, 1.165) is 9.35 Å². The maximum Gasteiger partial charge on any atom is 0.259 e. The number of ketones is 1. The van der Waals surface area contributed by atoms with E-state index >= 15 is 0 Å². The summed E-state index contributed by atoms with van der Waals surface area (Å²) in [6.07, 6.45) is 3.33. The number of nitrogens with zero attached hydrogens (tertiary/aromatic N) is 1. The number of halogens is 1. The fraction of sp³-hybridized carbons (Fsp3) is 0.176. The first-order chi connectivity index (χ1) is 11.0. The third-order valence-electron chi connectivity index (χ3n) is 2.99. The first kappa shape index (κ1) is 17.4. The standard InChI is InChI=1S/C17H16BrNO3S/c1-19(2)17(21)10-22-14-5-3-12(4-6-14)16(20)8-7-15-9-13(18)11-23-15/h3-9,11H,10H2,1-2H3/b8-7+. The molecule has 0 atom stereocenters. The topological polar surface area (TPSA) is 46.6 Å². The zero-order chi connectivity index (χ0) is 16.8. The van der Waals surface area contributed by atoms with E-state index in [4.69, 9.17) is 4.74 Å². The number of benzene rings is 1. The molecule has 0 spiro atoms. The van der Waals surface area contributed by atoms with Crippen LogP contribution in [0.4, 0.5) is 0 Å². The van der Waals surface area contributed by atoms with E-state index in [-0.39, 0.29) is 18.3 Å². The van der Waals surface area contributed by atoms with Crippen LogP contribution in [0.5, 0.6) is 5.75 Å². The Morgan fingerprint density at radius 1 is 1.26 bits per heavy atom. The summed E-state index contributed by atoms with van der Waals surface area (Å²) in [5.41, 5.74) is 0.572. The van der Waals surface area contributed by atoms with Crippen LogP contribution in [-0.4, -0.2) is 37.3 Å². The Kier molecular flexibility index (Phi) is 6.12. The molecule has 0 aliphatic rings. The van der Waals surface area contributed by atoms with Crippen LogP contribution in [0.1, 0.15) is 15.2 Å². The molecule has 23 heavy (non-hydrogen) atoms. The van der Waals surface area contributed by atoms with Crippen molar-refractivity contribution in [2.45, 2.75) is 0 Å². The monoisotopic (exact) mass is 393 g/mol. The summed E-state index contributed by atoms with van der Waals surface area (Å²) in [6.45, 7) is -0.0204. The van der Waals surface area contributed by atoms with Gasteiger partial charge in [-0.2, -0.15) is 0 Å². The highest BCUT2D eigenvalue weighted by Gasteiger charge is 2.06. The van der Waals surface area contributed by atoms with E-state index in [1.165, 1.54) is 4.90 Å². The van der Waals surface area contributed by atoms with Crippen molar-refractivity contribution >= 4 is 45.0 Å². The molecule has 0 aliphatic heterocycles. The second-order valence-electron chi connectivity index (χ2n) is 4.97. The van der Waals surface area contributed by atoms with Crippen LogP contribution in [0, 0.1) is 0 Å². The fourth-order valence-corrected chi connectivity index (χ4v) is 3.00. The molecule has 1 heterocycles. The van der Waals surface area contributed by atoms with Crippen molar-refractivity contribution in [3.8, 4) is 5.75 Å². The van der Waals surface area contributed by atoms with Crippen LogP contribution in [0.2, 0.25) is 0 Å². The first-order valence-corrected chi connectivity index (χ1v) is 8.52. The molecule has 1 aromatic carbocycles. The average Bonchev–Trinajstić information content (AvgIpc) is 2.96. The van der Waals surface area contributed by atoms with Gasteiger partial charge < -0.3 is 9.64 Å². The van der Waals surface area contributed by atoms with Gasteiger partial charge in [-0.25, -0.2) is 0 Å². The third kappa shape index (κ3) is 5.33. The molecule has 0 saturated heterocycles. The Morgan fingerprint density at radius 3 is 2.52 bits per heavy atom. The quantitative estimate of drug-likeness (QED) is 0.552. The molecule has 0 unspecified atom stereocenters. The van der Waals surface area contributed by atoms with E-state index < -0.39 is 0 Å². The Morgan fingerprint density at radius 2 is 1.96 bits per heavy atom. The van der Waals surface area contributed by atoms with E-state index in [2.05, 4.69) is 15.9 Å². The third-order valence-corrected chi connectivity index (χ3v) is 4.65. The van der Waals surface area contributed by atoms with Gasteiger partial charge in [-0.1, -0.05) is 0 Å². The van der Waals surface area contributed by atoms with Gasteiger partial charge >= 0.3 is 0 Å². The molecule has 0 saturated carbocycles. The van der Waals surface area contributed by atoms with Gasteiger partial charge in [0, 0.05) is 34.4 Å². The number of carbonyl (C=O) groups is 2. The SMILES string of the molecule is CN(C)C(=O)COc1ccc(C(=O)/C=C/c2cc(Br)cs2)cc1. The summed E-state index contributed by atoms with van der Waals surface area (Å²) in [5, 5.41) is 1.96. The van der Waals surface area contributed by atoms with Crippen molar-refractivity contribution in [2.75, 3.05) is 20.7 Å². The average molecular weight is 394 g/mol. The van der Waals surface area contributed by atoms with E-state index in [1.807, 2.05) is 11.4 Å². The summed E-state index contributed by atoms with van der Waals surface area (Å²) in [5.74, 6) is 0.364. The van der Waals surface area contributed by atoms with Crippen molar-refractivity contribution in [1.29, 1.82) is 0 Å². The van der Waals surface area contributed by atoms with Crippen LogP contribution in [0.3, 0.4) is 0 Å².